The highest BCUT2D eigenvalue weighted by atomic mass is 16.5. The summed E-state index contributed by atoms with van der Waals surface area (Å²) in [4.78, 5) is 0. The molecule has 0 bridgehead atoms. The molecule has 3 nitrogen and oxygen atoms in total. The average Bonchev–Trinajstić information content (AvgIpc) is 2.47. The molecular formula is C15H23NO2. The van der Waals surface area contributed by atoms with Crippen LogP contribution < -0.4 is 10.5 Å². The van der Waals surface area contributed by atoms with Gasteiger partial charge in [-0.25, -0.2) is 0 Å². The lowest BCUT2D eigenvalue weighted by molar-refractivity contribution is -0.0595. The first-order valence-corrected chi connectivity index (χ1v) is 6.66. The maximum atomic E-state index is 6.44. The average molecular weight is 249 g/mol. The Morgan fingerprint density at radius 3 is 2.17 bits per heavy atom. The molecule has 2 rings (SSSR count). The minimum Gasteiger partial charge on any atom is -0.497 e. The maximum absolute atomic E-state index is 6.44. The minimum atomic E-state index is -0.188. The predicted octanol–water partition coefficient (Wildman–Crippen LogP) is 3.04. The Morgan fingerprint density at radius 1 is 1.06 bits per heavy atom. The van der Waals surface area contributed by atoms with Gasteiger partial charge in [-0.2, -0.15) is 0 Å². The van der Waals surface area contributed by atoms with Crippen LogP contribution in [0.5, 0.6) is 5.75 Å². The molecule has 1 aromatic rings. The molecule has 0 aliphatic heterocycles. The zero-order chi connectivity index (χ0) is 13.0. The highest BCUT2D eigenvalue weighted by Gasteiger charge is 2.38. The van der Waals surface area contributed by atoms with Crippen molar-refractivity contribution in [2.24, 2.45) is 5.73 Å². The molecule has 0 amide bonds. The summed E-state index contributed by atoms with van der Waals surface area (Å²) in [6, 6.07) is 7.94. The molecule has 0 aromatic heterocycles. The van der Waals surface area contributed by atoms with E-state index in [4.69, 9.17) is 15.2 Å². The zero-order valence-corrected chi connectivity index (χ0v) is 11.3. The second kappa shape index (κ2) is 5.72. The highest BCUT2D eigenvalue weighted by Crippen LogP contribution is 2.39. The van der Waals surface area contributed by atoms with Gasteiger partial charge >= 0.3 is 0 Å². The fraction of sp³-hybridized carbons (Fsp3) is 0.600. The molecule has 0 heterocycles. The van der Waals surface area contributed by atoms with Crippen LogP contribution in [0.15, 0.2) is 24.3 Å². The lowest BCUT2D eigenvalue weighted by Crippen LogP contribution is -2.44. The van der Waals surface area contributed by atoms with Crippen molar-refractivity contribution in [3.63, 3.8) is 0 Å². The summed E-state index contributed by atoms with van der Waals surface area (Å²) in [5.41, 5.74) is 7.38. The number of ether oxygens (including phenoxy) is 2. The van der Waals surface area contributed by atoms with Crippen molar-refractivity contribution >= 4 is 0 Å². The quantitative estimate of drug-likeness (QED) is 0.892. The van der Waals surface area contributed by atoms with Gasteiger partial charge in [0.25, 0.3) is 0 Å². The van der Waals surface area contributed by atoms with Crippen LogP contribution in [-0.2, 0) is 4.74 Å². The van der Waals surface area contributed by atoms with Gasteiger partial charge in [-0.1, -0.05) is 31.4 Å². The number of nitrogens with two attached hydrogens (primary N) is 1. The lowest BCUT2D eigenvalue weighted by atomic mass is 9.77. The summed E-state index contributed by atoms with van der Waals surface area (Å²) in [5, 5.41) is 0. The molecule has 0 saturated heterocycles. The molecule has 1 aliphatic rings. The van der Waals surface area contributed by atoms with Gasteiger partial charge in [0.1, 0.15) is 5.75 Å². The van der Waals surface area contributed by atoms with E-state index in [2.05, 4.69) is 0 Å². The van der Waals surface area contributed by atoms with Gasteiger partial charge in [0.15, 0.2) is 0 Å². The molecule has 1 fully saturated rings. The van der Waals surface area contributed by atoms with Gasteiger partial charge in [-0.15, -0.1) is 0 Å². The molecule has 1 unspecified atom stereocenters. The van der Waals surface area contributed by atoms with Gasteiger partial charge < -0.3 is 15.2 Å². The predicted molar refractivity (Wildman–Crippen MR) is 72.7 cm³/mol. The fourth-order valence-corrected chi connectivity index (χ4v) is 2.91. The summed E-state index contributed by atoms with van der Waals surface area (Å²) in [5.74, 6) is 0.862. The Labute approximate surface area is 109 Å². The Hall–Kier alpha value is -1.06. The van der Waals surface area contributed by atoms with Gasteiger partial charge in [-0.3, -0.25) is 0 Å². The summed E-state index contributed by atoms with van der Waals surface area (Å²) >= 11 is 0. The van der Waals surface area contributed by atoms with E-state index in [1.165, 1.54) is 19.3 Å². The van der Waals surface area contributed by atoms with Crippen molar-refractivity contribution in [3.05, 3.63) is 29.8 Å². The van der Waals surface area contributed by atoms with Crippen LogP contribution in [0.3, 0.4) is 0 Å². The van der Waals surface area contributed by atoms with Crippen LogP contribution in [0, 0.1) is 0 Å². The third kappa shape index (κ3) is 2.52. The standard InChI is InChI=1S/C15H23NO2/c1-17-13-8-6-12(7-9-13)14(16)15(18-2)10-4-3-5-11-15/h6-9,14H,3-5,10-11,16H2,1-2H3. The Bertz CT molecular complexity index is 369. The van der Waals surface area contributed by atoms with Crippen LogP contribution in [-0.4, -0.2) is 19.8 Å². The van der Waals surface area contributed by atoms with Crippen molar-refractivity contribution in [3.8, 4) is 5.75 Å². The van der Waals surface area contributed by atoms with E-state index in [1.807, 2.05) is 24.3 Å². The maximum Gasteiger partial charge on any atom is 0.118 e. The van der Waals surface area contributed by atoms with Gasteiger partial charge in [0.2, 0.25) is 0 Å². The number of rotatable bonds is 4. The first-order chi connectivity index (χ1) is 8.72. The first kappa shape index (κ1) is 13.4. The molecule has 0 radical (unpaired) electrons. The summed E-state index contributed by atoms with van der Waals surface area (Å²) in [7, 11) is 3.46. The van der Waals surface area contributed by atoms with Crippen LogP contribution in [0.1, 0.15) is 43.7 Å². The molecule has 1 atom stereocenters. The van der Waals surface area contributed by atoms with Crippen molar-refractivity contribution in [1.82, 2.24) is 0 Å². The van der Waals surface area contributed by atoms with E-state index >= 15 is 0 Å². The molecule has 3 heteroatoms. The Morgan fingerprint density at radius 2 is 1.67 bits per heavy atom. The fourth-order valence-electron chi connectivity index (χ4n) is 2.91. The Kier molecular flexibility index (Phi) is 4.25. The number of hydrogen-bond donors (Lipinski definition) is 1. The molecule has 2 N–H and O–H groups in total. The monoisotopic (exact) mass is 249 g/mol. The summed E-state index contributed by atoms with van der Waals surface area (Å²) in [6.45, 7) is 0. The van der Waals surface area contributed by atoms with E-state index in [-0.39, 0.29) is 11.6 Å². The van der Waals surface area contributed by atoms with E-state index in [9.17, 15) is 0 Å². The van der Waals surface area contributed by atoms with Gasteiger partial charge in [-0.05, 0) is 30.5 Å². The highest BCUT2D eigenvalue weighted by molar-refractivity contribution is 5.30. The van der Waals surface area contributed by atoms with E-state index in [0.717, 1.165) is 24.2 Å². The topological polar surface area (TPSA) is 44.5 Å². The van der Waals surface area contributed by atoms with Crippen molar-refractivity contribution < 1.29 is 9.47 Å². The van der Waals surface area contributed by atoms with Gasteiger partial charge in [0, 0.05) is 7.11 Å². The van der Waals surface area contributed by atoms with Crippen LogP contribution in [0.4, 0.5) is 0 Å². The Balaban J connectivity index is 2.19. The second-order valence-electron chi connectivity index (χ2n) is 5.08. The summed E-state index contributed by atoms with van der Waals surface area (Å²) < 4.78 is 11.0. The number of hydrogen-bond acceptors (Lipinski definition) is 3. The third-order valence-electron chi connectivity index (χ3n) is 4.15. The second-order valence-corrected chi connectivity index (χ2v) is 5.08. The smallest absolute Gasteiger partial charge is 0.118 e. The van der Waals surface area contributed by atoms with Crippen LogP contribution >= 0.6 is 0 Å². The van der Waals surface area contributed by atoms with Crippen molar-refractivity contribution in [2.75, 3.05) is 14.2 Å². The lowest BCUT2D eigenvalue weighted by Gasteiger charge is -2.41. The van der Waals surface area contributed by atoms with E-state index in [1.54, 1.807) is 14.2 Å². The largest absolute Gasteiger partial charge is 0.497 e. The third-order valence-corrected chi connectivity index (χ3v) is 4.15. The van der Waals surface area contributed by atoms with Crippen molar-refractivity contribution in [2.45, 2.75) is 43.7 Å². The molecule has 18 heavy (non-hydrogen) atoms. The summed E-state index contributed by atoms with van der Waals surface area (Å²) in [6.07, 6.45) is 5.81. The van der Waals surface area contributed by atoms with E-state index in [0.29, 0.717) is 0 Å². The zero-order valence-electron chi connectivity index (χ0n) is 11.3. The minimum absolute atomic E-state index is 0.0614. The van der Waals surface area contributed by atoms with Crippen LogP contribution in [0.2, 0.25) is 0 Å². The number of benzene rings is 1. The SMILES string of the molecule is COc1ccc(C(N)C2(OC)CCCCC2)cc1. The van der Waals surface area contributed by atoms with Crippen molar-refractivity contribution in [1.29, 1.82) is 0 Å². The molecule has 1 aromatic carbocycles. The first-order valence-electron chi connectivity index (χ1n) is 6.66. The van der Waals surface area contributed by atoms with Crippen LogP contribution in [0.25, 0.3) is 0 Å². The van der Waals surface area contributed by atoms with Gasteiger partial charge in [0.05, 0.1) is 18.8 Å². The number of methoxy groups -OCH3 is 2. The molecule has 100 valence electrons. The normalized spacial score (nSPS) is 20.4. The van der Waals surface area contributed by atoms with E-state index < -0.39 is 0 Å². The molecule has 1 aliphatic carbocycles. The molecule has 1 saturated carbocycles. The molecule has 0 spiro atoms. The molecular weight excluding hydrogens is 226 g/mol.